The molecule has 2 N–H and O–H groups in total. The summed E-state index contributed by atoms with van der Waals surface area (Å²) in [6.45, 7) is 2.11. The third-order valence-electron chi connectivity index (χ3n) is 4.82. The number of alkyl halides is 3. The Balaban J connectivity index is 1.50. The molecule has 0 spiro atoms. The van der Waals surface area contributed by atoms with Gasteiger partial charge in [0.05, 0.1) is 11.4 Å². The molecule has 172 valence electrons. The normalized spacial score (nSPS) is 13.3. The van der Waals surface area contributed by atoms with Gasteiger partial charge in [0.2, 0.25) is 17.8 Å². The van der Waals surface area contributed by atoms with Crippen molar-refractivity contribution in [3.8, 4) is 5.75 Å². The predicted molar refractivity (Wildman–Crippen MR) is 112 cm³/mol. The number of ether oxygens (including phenoxy) is 1. The third kappa shape index (κ3) is 5.45. The molecule has 0 saturated carbocycles. The number of nitrogens with zero attached hydrogens (tertiary/aromatic N) is 4. The molecule has 0 unspecified atom stereocenters. The molecule has 3 aromatic rings. The van der Waals surface area contributed by atoms with E-state index in [0.29, 0.717) is 25.5 Å². The molecule has 0 atom stereocenters. The Kier molecular flexibility index (Phi) is 5.99. The lowest BCUT2D eigenvalue weighted by Crippen LogP contribution is -2.32. The maximum absolute atomic E-state index is 14.6. The summed E-state index contributed by atoms with van der Waals surface area (Å²) in [6.07, 6.45) is -3.01. The van der Waals surface area contributed by atoms with Crippen LogP contribution in [0.3, 0.4) is 0 Å². The molecule has 4 rings (SSSR count). The molecule has 0 saturated heterocycles. The van der Waals surface area contributed by atoms with Crippen LogP contribution in [0, 0.1) is 5.82 Å². The second kappa shape index (κ2) is 8.88. The van der Waals surface area contributed by atoms with Crippen LogP contribution >= 0.6 is 0 Å². The van der Waals surface area contributed by atoms with E-state index in [4.69, 9.17) is 0 Å². The number of nitrogens with one attached hydrogen (secondary N) is 2. The van der Waals surface area contributed by atoms with E-state index in [0.717, 1.165) is 11.1 Å². The highest BCUT2D eigenvalue weighted by molar-refractivity contribution is 5.89. The SMILES string of the molecule is CC(=O)Nc1cccc(Nc2ncnc(N3CCc4cc(OC(F)(F)F)ccc4C3)n2)c1F. The number of carbonyl (C=O) groups excluding carboxylic acids is 1. The fraction of sp³-hybridized carbons (Fsp3) is 0.238. The standard InChI is InChI=1S/C21H18F4N6O2/c1-12(32)28-16-3-2-4-17(18(16)22)29-19-26-11-27-20(30-19)31-8-7-13-9-15(33-21(23,24)25)6-5-14(13)10-31/h2-6,9,11H,7-8,10H2,1H3,(H,28,32)(H,26,27,29,30). The lowest BCUT2D eigenvalue weighted by molar-refractivity contribution is -0.274. The molecule has 1 amide bonds. The van der Waals surface area contributed by atoms with Gasteiger partial charge in [-0.15, -0.1) is 13.2 Å². The maximum atomic E-state index is 14.6. The number of aromatic nitrogens is 3. The van der Waals surface area contributed by atoms with Gasteiger partial charge in [0, 0.05) is 20.0 Å². The molecule has 0 aliphatic carbocycles. The van der Waals surface area contributed by atoms with E-state index in [2.05, 4.69) is 30.3 Å². The Morgan fingerprint density at radius 3 is 2.67 bits per heavy atom. The number of anilines is 4. The quantitative estimate of drug-likeness (QED) is 0.550. The van der Waals surface area contributed by atoms with E-state index < -0.39 is 18.1 Å². The van der Waals surface area contributed by atoms with E-state index in [1.165, 1.54) is 37.5 Å². The predicted octanol–water partition coefficient (Wildman–Crippen LogP) is 4.17. The van der Waals surface area contributed by atoms with Gasteiger partial charge in [-0.2, -0.15) is 4.98 Å². The summed E-state index contributed by atoms with van der Waals surface area (Å²) in [7, 11) is 0. The summed E-state index contributed by atoms with van der Waals surface area (Å²) in [5.74, 6) is -0.912. The van der Waals surface area contributed by atoms with Crippen LogP contribution in [0.5, 0.6) is 5.75 Å². The van der Waals surface area contributed by atoms with Gasteiger partial charge in [-0.3, -0.25) is 4.79 Å². The summed E-state index contributed by atoms with van der Waals surface area (Å²) in [5.41, 5.74) is 1.65. The zero-order valence-corrected chi connectivity index (χ0v) is 17.3. The first-order chi connectivity index (χ1) is 15.7. The zero-order chi connectivity index (χ0) is 23.6. The molecular formula is C21H18F4N6O2. The summed E-state index contributed by atoms with van der Waals surface area (Å²) in [6, 6.07) is 8.69. The maximum Gasteiger partial charge on any atom is 0.573 e. The Labute approximate surface area is 185 Å². The first-order valence-electron chi connectivity index (χ1n) is 9.82. The molecule has 0 fully saturated rings. The van der Waals surface area contributed by atoms with Crippen molar-refractivity contribution in [3.05, 3.63) is 59.7 Å². The van der Waals surface area contributed by atoms with E-state index in [1.54, 1.807) is 12.1 Å². The number of benzene rings is 2. The monoisotopic (exact) mass is 462 g/mol. The van der Waals surface area contributed by atoms with Crippen molar-refractivity contribution in [2.45, 2.75) is 26.3 Å². The number of halogens is 4. The number of hydrogen-bond acceptors (Lipinski definition) is 7. The lowest BCUT2D eigenvalue weighted by Gasteiger charge is -2.29. The molecule has 1 aliphatic heterocycles. The minimum atomic E-state index is -4.75. The van der Waals surface area contributed by atoms with E-state index >= 15 is 0 Å². The van der Waals surface area contributed by atoms with Crippen LogP contribution in [-0.2, 0) is 17.8 Å². The molecule has 12 heteroatoms. The van der Waals surface area contributed by atoms with Gasteiger partial charge >= 0.3 is 6.36 Å². The summed E-state index contributed by atoms with van der Waals surface area (Å²) in [5, 5.41) is 5.18. The zero-order valence-electron chi connectivity index (χ0n) is 17.3. The molecule has 1 aliphatic rings. The summed E-state index contributed by atoms with van der Waals surface area (Å²) >= 11 is 0. The summed E-state index contributed by atoms with van der Waals surface area (Å²) < 4.78 is 56.0. The second-order valence-corrected chi connectivity index (χ2v) is 7.23. The first-order valence-corrected chi connectivity index (χ1v) is 9.82. The topological polar surface area (TPSA) is 92.3 Å². The number of hydrogen-bond donors (Lipinski definition) is 2. The van der Waals surface area contributed by atoms with E-state index in [9.17, 15) is 22.4 Å². The van der Waals surface area contributed by atoms with Crippen molar-refractivity contribution in [1.82, 2.24) is 15.0 Å². The van der Waals surface area contributed by atoms with Crippen LogP contribution in [0.25, 0.3) is 0 Å². The molecule has 1 aromatic heterocycles. The smallest absolute Gasteiger partial charge is 0.406 e. The number of amides is 1. The van der Waals surface area contributed by atoms with Gasteiger partial charge < -0.3 is 20.3 Å². The van der Waals surface area contributed by atoms with Crippen LogP contribution in [0.4, 0.5) is 40.8 Å². The van der Waals surface area contributed by atoms with Crippen molar-refractivity contribution >= 4 is 29.2 Å². The van der Waals surface area contributed by atoms with Crippen LogP contribution in [-0.4, -0.2) is 33.8 Å². The number of rotatable bonds is 5. The van der Waals surface area contributed by atoms with E-state index in [-0.39, 0.29) is 23.1 Å². The average molecular weight is 462 g/mol. The first kappa shape index (κ1) is 22.2. The Morgan fingerprint density at radius 1 is 1.12 bits per heavy atom. The van der Waals surface area contributed by atoms with Gasteiger partial charge in [-0.25, -0.2) is 14.4 Å². The van der Waals surface area contributed by atoms with Crippen LogP contribution in [0.15, 0.2) is 42.7 Å². The molecular weight excluding hydrogens is 444 g/mol. The minimum Gasteiger partial charge on any atom is -0.406 e. The van der Waals surface area contributed by atoms with Crippen LogP contribution < -0.4 is 20.3 Å². The Hall–Kier alpha value is -3.96. The molecule has 8 nitrogen and oxygen atoms in total. The Bertz CT molecular complexity index is 1190. The van der Waals surface area contributed by atoms with Gasteiger partial charge in [0.15, 0.2) is 5.82 Å². The van der Waals surface area contributed by atoms with Crippen LogP contribution in [0.1, 0.15) is 18.1 Å². The fourth-order valence-corrected chi connectivity index (χ4v) is 3.43. The Morgan fingerprint density at radius 2 is 1.91 bits per heavy atom. The lowest BCUT2D eigenvalue weighted by atomic mass is 10.00. The van der Waals surface area contributed by atoms with Gasteiger partial charge in [-0.1, -0.05) is 12.1 Å². The molecule has 33 heavy (non-hydrogen) atoms. The number of carbonyl (C=O) groups is 1. The van der Waals surface area contributed by atoms with Gasteiger partial charge in [0.25, 0.3) is 0 Å². The molecule has 2 heterocycles. The van der Waals surface area contributed by atoms with Gasteiger partial charge in [0.1, 0.15) is 12.1 Å². The molecule has 2 aromatic carbocycles. The van der Waals surface area contributed by atoms with Crippen molar-refractivity contribution in [3.63, 3.8) is 0 Å². The highest BCUT2D eigenvalue weighted by Gasteiger charge is 2.31. The van der Waals surface area contributed by atoms with Crippen LogP contribution in [0.2, 0.25) is 0 Å². The fourth-order valence-electron chi connectivity index (χ4n) is 3.43. The minimum absolute atomic E-state index is 0.0169. The highest BCUT2D eigenvalue weighted by Crippen LogP contribution is 2.29. The molecule has 0 radical (unpaired) electrons. The molecule has 0 bridgehead atoms. The van der Waals surface area contributed by atoms with Gasteiger partial charge in [-0.05, 0) is 41.8 Å². The van der Waals surface area contributed by atoms with E-state index in [1.807, 2.05) is 4.90 Å². The second-order valence-electron chi connectivity index (χ2n) is 7.23. The number of fused-ring (bicyclic) bond motifs is 1. The van der Waals surface area contributed by atoms with Crippen molar-refractivity contribution in [2.75, 3.05) is 22.1 Å². The average Bonchev–Trinajstić information content (AvgIpc) is 2.75. The highest BCUT2D eigenvalue weighted by atomic mass is 19.4. The third-order valence-corrected chi connectivity index (χ3v) is 4.82. The summed E-state index contributed by atoms with van der Waals surface area (Å²) in [4.78, 5) is 25.6. The largest absolute Gasteiger partial charge is 0.573 e. The van der Waals surface area contributed by atoms with Crippen molar-refractivity contribution < 1.29 is 27.1 Å². The van der Waals surface area contributed by atoms with Crippen molar-refractivity contribution in [1.29, 1.82) is 0 Å². The van der Waals surface area contributed by atoms with Crippen molar-refractivity contribution in [2.24, 2.45) is 0 Å².